The number of hydrogen-bond acceptors (Lipinski definition) is 10. The second-order valence-electron chi connectivity index (χ2n) is 11.9. The Morgan fingerprint density at radius 3 is 2.02 bits per heavy atom. The van der Waals surface area contributed by atoms with Crippen molar-refractivity contribution in [1.82, 2.24) is 9.55 Å². The summed E-state index contributed by atoms with van der Waals surface area (Å²) in [5.41, 5.74) is 3.17. The number of ether oxygens (including phenoxy) is 3. The van der Waals surface area contributed by atoms with Gasteiger partial charge in [-0.05, 0) is 70.8 Å². The van der Waals surface area contributed by atoms with Crippen molar-refractivity contribution in [1.29, 1.82) is 0 Å². The van der Waals surface area contributed by atoms with Crippen molar-refractivity contribution < 1.29 is 33.9 Å². The lowest BCUT2D eigenvalue weighted by Gasteiger charge is -2.15. The van der Waals surface area contributed by atoms with Crippen LogP contribution in [-0.4, -0.2) is 38.1 Å². The zero-order chi connectivity index (χ0) is 35.9. The number of aliphatic hydroxyl groups is 1. The van der Waals surface area contributed by atoms with Gasteiger partial charge in [0, 0.05) is 18.8 Å². The van der Waals surface area contributed by atoms with E-state index >= 15 is 0 Å². The predicted octanol–water partition coefficient (Wildman–Crippen LogP) is 6.72. The van der Waals surface area contributed by atoms with Gasteiger partial charge in [0.1, 0.15) is 35.8 Å². The van der Waals surface area contributed by atoms with Crippen LogP contribution < -0.4 is 24.0 Å². The standard InChI is InChI=1S/C38H35FN2O8S2/c1-23(20-47-29-12-8-24(9-13-29)16-33-35(43)40-37(45)50-33)26-4-3-7-31(19-26)49-22-41-36(44)34(51-38(41)46)17-25-10-14-30(15-11-25)48-21-32(42)27-5-2-6-28(39)18-27/h2-15,18-19,23,32,42-44H,16-17,20-22H2,1H3,(H,40,45). The summed E-state index contributed by atoms with van der Waals surface area (Å²) in [6.07, 6.45) is -0.226. The fraction of sp³-hybridized carbons (Fsp3) is 0.211. The maximum atomic E-state index is 13.4. The molecule has 2 unspecified atom stereocenters. The Morgan fingerprint density at radius 2 is 1.37 bits per heavy atom. The van der Waals surface area contributed by atoms with Crippen molar-refractivity contribution in [3.63, 3.8) is 0 Å². The molecule has 0 radical (unpaired) electrons. The molecule has 0 fully saturated rings. The first-order valence-electron chi connectivity index (χ1n) is 16.0. The summed E-state index contributed by atoms with van der Waals surface area (Å²) in [4.78, 5) is 27.0. The summed E-state index contributed by atoms with van der Waals surface area (Å²) < 4.78 is 32.2. The molecule has 0 saturated carbocycles. The van der Waals surface area contributed by atoms with E-state index in [1.807, 2.05) is 61.5 Å². The van der Waals surface area contributed by atoms with Crippen LogP contribution in [0.4, 0.5) is 4.39 Å². The largest absolute Gasteiger partial charge is 0.494 e. The summed E-state index contributed by atoms with van der Waals surface area (Å²) in [5, 5.41) is 31.0. The van der Waals surface area contributed by atoms with E-state index in [1.165, 1.54) is 22.8 Å². The van der Waals surface area contributed by atoms with E-state index < -0.39 is 11.9 Å². The van der Waals surface area contributed by atoms with Gasteiger partial charge in [-0.25, -0.2) is 8.96 Å². The van der Waals surface area contributed by atoms with Crippen molar-refractivity contribution in [2.45, 2.75) is 38.5 Å². The van der Waals surface area contributed by atoms with Crippen molar-refractivity contribution >= 4 is 22.7 Å². The average molecular weight is 731 g/mol. The first-order valence-corrected chi connectivity index (χ1v) is 17.7. The number of rotatable bonds is 15. The van der Waals surface area contributed by atoms with E-state index in [1.54, 1.807) is 24.3 Å². The van der Waals surface area contributed by atoms with Gasteiger partial charge in [0.25, 0.3) is 0 Å². The number of nitrogens with zero attached hydrogens (tertiary/aromatic N) is 1. The maximum absolute atomic E-state index is 13.4. The van der Waals surface area contributed by atoms with Crippen molar-refractivity contribution in [2.75, 3.05) is 13.2 Å². The molecule has 264 valence electrons. The zero-order valence-corrected chi connectivity index (χ0v) is 29.1. The van der Waals surface area contributed by atoms with E-state index in [4.69, 9.17) is 14.2 Å². The van der Waals surface area contributed by atoms with Crippen LogP contribution in [0.1, 0.15) is 51.0 Å². The Morgan fingerprint density at radius 1 is 0.745 bits per heavy atom. The molecule has 4 N–H and O–H groups in total. The predicted molar refractivity (Wildman–Crippen MR) is 193 cm³/mol. The molecule has 2 atom stereocenters. The molecule has 0 aliphatic carbocycles. The number of aromatic amines is 1. The molecule has 6 rings (SSSR count). The lowest BCUT2D eigenvalue weighted by atomic mass is 10.0. The molecule has 51 heavy (non-hydrogen) atoms. The first-order chi connectivity index (χ1) is 24.6. The smallest absolute Gasteiger partial charge is 0.313 e. The van der Waals surface area contributed by atoms with E-state index in [0.29, 0.717) is 52.0 Å². The number of benzene rings is 4. The lowest BCUT2D eigenvalue weighted by Crippen LogP contribution is -2.16. The molecule has 0 aliphatic rings. The van der Waals surface area contributed by atoms with E-state index in [0.717, 1.165) is 39.4 Å². The summed E-state index contributed by atoms with van der Waals surface area (Å²) in [6.45, 7) is 2.22. The molecular formula is C38H35FN2O8S2. The number of nitrogens with one attached hydrogen (secondary N) is 1. The van der Waals surface area contributed by atoms with Crippen LogP contribution >= 0.6 is 22.7 Å². The van der Waals surface area contributed by atoms with E-state index in [-0.39, 0.29) is 40.8 Å². The summed E-state index contributed by atoms with van der Waals surface area (Å²) in [7, 11) is 0. The summed E-state index contributed by atoms with van der Waals surface area (Å²) in [5.74, 6) is 1.07. The number of H-pyrrole nitrogens is 1. The number of thiazole rings is 2. The number of aliphatic hydroxyl groups excluding tert-OH is 1. The van der Waals surface area contributed by atoms with Crippen LogP contribution in [0.3, 0.4) is 0 Å². The van der Waals surface area contributed by atoms with Crippen LogP contribution in [0.5, 0.6) is 29.0 Å². The molecule has 0 saturated heterocycles. The Bertz CT molecular complexity index is 2190. The highest BCUT2D eigenvalue weighted by molar-refractivity contribution is 7.09. The molecule has 0 amide bonds. The van der Waals surface area contributed by atoms with Gasteiger partial charge in [-0.3, -0.25) is 14.6 Å². The van der Waals surface area contributed by atoms with Crippen molar-refractivity contribution in [3.8, 4) is 29.0 Å². The normalized spacial score (nSPS) is 12.4. The topological polar surface area (TPSA) is 143 Å². The molecule has 4 aromatic carbocycles. The van der Waals surface area contributed by atoms with Gasteiger partial charge in [-0.15, -0.1) is 0 Å². The van der Waals surface area contributed by atoms with Gasteiger partial charge in [0.05, 0.1) is 16.4 Å². The number of aromatic nitrogens is 2. The summed E-state index contributed by atoms with van der Waals surface area (Å²) >= 11 is 1.93. The van der Waals surface area contributed by atoms with E-state index in [9.17, 15) is 29.3 Å². The Hall–Kier alpha value is -5.37. The van der Waals surface area contributed by atoms with Crippen molar-refractivity contribution in [2.24, 2.45) is 0 Å². The molecule has 2 heterocycles. The molecule has 0 bridgehead atoms. The second-order valence-corrected chi connectivity index (χ2v) is 14.0. The van der Waals surface area contributed by atoms with Crippen molar-refractivity contribution in [3.05, 3.63) is 154 Å². The summed E-state index contributed by atoms with van der Waals surface area (Å²) in [6, 6.07) is 27.8. The number of aromatic hydroxyl groups is 2. The monoisotopic (exact) mass is 730 g/mol. The zero-order valence-electron chi connectivity index (χ0n) is 27.5. The van der Waals surface area contributed by atoms with Crippen LogP contribution in [-0.2, 0) is 19.6 Å². The fourth-order valence-corrected chi connectivity index (χ4v) is 6.93. The highest BCUT2D eigenvalue weighted by Crippen LogP contribution is 2.27. The quantitative estimate of drug-likeness (QED) is 0.0912. The van der Waals surface area contributed by atoms with Gasteiger partial charge in [0.15, 0.2) is 6.73 Å². The molecule has 0 aliphatic heterocycles. The second kappa shape index (κ2) is 16.1. The number of halogens is 1. The molecule has 2 aromatic heterocycles. The van der Waals surface area contributed by atoms with Crippen LogP contribution in [0.2, 0.25) is 0 Å². The molecular weight excluding hydrogens is 696 g/mol. The molecule has 0 spiro atoms. The minimum absolute atomic E-state index is 0.0153. The highest BCUT2D eigenvalue weighted by Gasteiger charge is 2.16. The minimum atomic E-state index is -0.984. The van der Waals surface area contributed by atoms with E-state index in [2.05, 4.69) is 4.98 Å². The van der Waals surface area contributed by atoms with Crippen LogP contribution in [0.15, 0.2) is 107 Å². The third-order valence-corrected chi connectivity index (χ3v) is 9.98. The fourth-order valence-electron chi connectivity index (χ4n) is 5.27. The number of hydrogen-bond donors (Lipinski definition) is 4. The van der Waals surface area contributed by atoms with Gasteiger partial charge < -0.3 is 29.5 Å². The first kappa shape index (κ1) is 35.5. The minimum Gasteiger partial charge on any atom is -0.494 e. The molecule has 6 aromatic rings. The van der Waals surface area contributed by atoms with Gasteiger partial charge in [-0.2, -0.15) is 0 Å². The Balaban J connectivity index is 0.992. The highest BCUT2D eigenvalue weighted by atomic mass is 32.1. The SMILES string of the molecule is CC(COc1ccc(Cc2sc(=O)[nH]c2O)cc1)c1cccc(OCn2c(O)c(Cc3ccc(OCC(O)c4cccc(F)c4)cc3)sc2=O)c1. The Kier molecular flexibility index (Phi) is 11.2. The molecule has 13 heteroatoms. The lowest BCUT2D eigenvalue weighted by molar-refractivity contribution is 0.108. The van der Waals surface area contributed by atoms with Crippen LogP contribution in [0.25, 0.3) is 0 Å². The van der Waals surface area contributed by atoms with Gasteiger partial charge in [0.2, 0.25) is 11.8 Å². The van der Waals surface area contributed by atoms with Crippen LogP contribution in [0, 0.1) is 5.82 Å². The average Bonchev–Trinajstić information content (AvgIpc) is 3.59. The molecule has 10 nitrogen and oxygen atoms in total. The maximum Gasteiger partial charge on any atom is 0.313 e. The Labute approximate surface area is 300 Å². The van der Waals surface area contributed by atoms with Gasteiger partial charge in [-0.1, -0.05) is 78.1 Å². The third kappa shape index (κ3) is 9.25. The third-order valence-electron chi connectivity index (χ3n) is 8.14. The van der Waals surface area contributed by atoms with Gasteiger partial charge >= 0.3 is 9.75 Å².